The van der Waals surface area contributed by atoms with Crippen molar-refractivity contribution in [2.45, 2.75) is 19.8 Å². The second-order valence-corrected chi connectivity index (χ2v) is 5.49. The van der Waals surface area contributed by atoms with Crippen LogP contribution in [0.1, 0.15) is 17.9 Å². The van der Waals surface area contributed by atoms with Crippen LogP contribution in [0.2, 0.25) is 5.02 Å². The van der Waals surface area contributed by atoms with E-state index in [0.29, 0.717) is 29.6 Å². The molecule has 0 unspecified atom stereocenters. The van der Waals surface area contributed by atoms with Gasteiger partial charge >= 0.3 is 0 Å². The molecule has 0 saturated heterocycles. The summed E-state index contributed by atoms with van der Waals surface area (Å²) < 4.78 is 6.86. The van der Waals surface area contributed by atoms with Crippen molar-refractivity contribution in [1.29, 1.82) is 0 Å². The fraction of sp³-hybridized carbons (Fsp3) is 0.267. The Morgan fingerprint density at radius 2 is 2.27 bits per heavy atom. The van der Waals surface area contributed by atoms with E-state index in [2.05, 4.69) is 15.5 Å². The summed E-state index contributed by atoms with van der Waals surface area (Å²) in [5.41, 5.74) is 2.35. The fourth-order valence-corrected chi connectivity index (χ4v) is 2.59. The summed E-state index contributed by atoms with van der Waals surface area (Å²) in [4.78, 5) is 16.4. The van der Waals surface area contributed by atoms with Crippen LogP contribution < -0.4 is 5.32 Å². The molecule has 6 nitrogen and oxygen atoms in total. The van der Waals surface area contributed by atoms with Gasteiger partial charge in [-0.2, -0.15) is 0 Å². The molecule has 2 aromatic heterocycles. The molecule has 0 aliphatic carbocycles. The molecule has 3 rings (SSSR count). The number of benzene rings is 1. The predicted molar refractivity (Wildman–Crippen MR) is 83.9 cm³/mol. The van der Waals surface area contributed by atoms with Crippen molar-refractivity contribution in [3.63, 3.8) is 0 Å². The second kappa shape index (κ2) is 5.81. The smallest absolute Gasteiger partial charge is 0.227 e. The molecule has 3 aromatic rings. The number of carbonyl (C=O) groups excluding carboxylic acids is 1. The molecule has 22 heavy (non-hydrogen) atoms. The third-order valence-corrected chi connectivity index (χ3v) is 3.68. The molecule has 0 atom stereocenters. The van der Waals surface area contributed by atoms with E-state index in [4.69, 9.17) is 16.1 Å². The number of anilines is 1. The summed E-state index contributed by atoms with van der Waals surface area (Å²) in [5.74, 6) is 1.03. The third-order valence-electron chi connectivity index (χ3n) is 3.37. The monoisotopic (exact) mass is 318 g/mol. The van der Waals surface area contributed by atoms with Gasteiger partial charge in [0.25, 0.3) is 0 Å². The van der Waals surface area contributed by atoms with E-state index in [9.17, 15) is 4.79 Å². The van der Waals surface area contributed by atoms with Crippen LogP contribution in [0.25, 0.3) is 11.0 Å². The fourth-order valence-electron chi connectivity index (χ4n) is 2.29. The molecule has 0 aliphatic heterocycles. The van der Waals surface area contributed by atoms with E-state index >= 15 is 0 Å². The Labute approximate surface area is 132 Å². The van der Waals surface area contributed by atoms with Crippen LogP contribution in [0, 0.1) is 6.92 Å². The highest BCUT2D eigenvalue weighted by Crippen LogP contribution is 2.25. The summed E-state index contributed by atoms with van der Waals surface area (Å²) in [6.07, 6.45) is 0.795. The Hall–Kier alpha value is -2.34. The predicted octanol–water partition coefficient (Wildman–Crippen LogP) is 3.09. The van der Waals surface area contributed by atoms with Crippen LogP contribution in [-0.2, 0) is 18.3 Å². The highest BCUT2D eigenvalue weighted by atomic mass is 35.5. The Balaban J connectivity index is 1.71. The molecule has 0 spiro atoms. The summed E-state index contributed by atoms with van der Waals surface area (Å²) in [6.45, 7) is 1.84. The first-order valence-corrected chi connectivity index (χ1v) is 7.25. The van der Waals surface area contributed by atoms with Gasteiger partial charge in [-0.3, -0.25) is 10.1 Å². The largest absolute Gasteiger partial charge is 0.361 e. The minimum Gasteiger partial charge on any atom is -0.361 e. The van der Waals surface area contributed by atoms with Crippen molar-refractivity contribution in [2.24, 2.45) is 7.05 Å². The molecular weight excluding hydrogens is 304 g/mol. The van der Waals surface area contributed by atoms with Gasteiger partial charge in [0, 0.05) is 26.0 Å². The number of hydrogen-bond donors (Lipinski definition) is 1. The third kappa shape index (κ3) is 2.82. The zero-order chi connectivity index (χ0) is 15.7. The summed E-state index contributed by atoms with van der Waals surface area (Å²) in [5, 5.41) is 7.19. The molecule has 0 bridgehead atoms. The van der Waals surface area contributed by atoms with E-state index in [1.165, 1.54) is 0 Å². The van der Waals surface area contributed by atoms with Crippen LogP contribution in [0.3, 0.4) is 0 Å². The molecule has 1 aromatic carbocycles. The quantitative estimate of drug-likeness (QED) is 0.802. The first-order valence-electron chi connectivity index (χ1n) is 6.87. The maximum atomic E-state index is 12.0. The van der Waals surface area contributed by atoms with Gasteiger partial charge in [-0.1, -0.05) is 22.8 Å². The lowest BCUT2D eigenvalue weighted by molar-refractivity contribution is -0.116. The Morgan fingerprint density at radius 1 is 1.45 bits per heavy atom. The minimum atomic E-state index is -0.136. The van der Waals surface area contributed by atoms with Gasteiger partial charge in [-0.15, -0.1) is 0 Å². The topological polar surface area (TPSA) is 73.0 Å². The van der Waals surface area contributed by atoms with Crippen LogP contribution >= 0.6 is 11.6 Å². The molecule has 114 valence electrons. The van der Waals surface area contributed by atoms with Crippen molar-refractivity contribution in [1.82, 2.24) is 14.7 Å². The van der Waals surface area contributed by atoms with Crippen molar-refractivity contribution < 1.29 is 9.32 Å². The standard InChI is InChI=1S/C15H15ClN4O2/c1-9-8-10(22-19-9)6-7-13(21)18-15-17-12-5-3-4-11(16)14(12)20(15)2/h3-5,8H,6-7H2,1-2H3,(H,17,18,21). The Morgan fingerprint density at radius 3 is 2.95 bits per heavy atom. The highest BCUT2D eigenvalue weighted by Gasteiger charge is 2.13. The summed E-state index contributed by atoms with van der Waals surface area (Å²) in [7, 11) is 1.82. The molecule has 0 fully saturated rings. The summed E-state index contributed by atoms with van der Waals surface area (Å²) >= 11 is 6.16. The van der Waals surface area contributed by atoms with Gasteiger partial charge < -0.3 is 9.09 Å². The maximum Gasteiger partial charge on any atom is 0.227 e. The van der Waals surface area contributed by atoms with Gasteiger partial charge in [0.1, 0.15) is 5.76 Å². The molecule has 0 aliphatic rings. The number of fused-ring (bicyclic) bond motifs is 1. The van der Waals surface area contributed by atoms with Crippen molar-refractivity contribution in [3.05, 3.63) is 40.7 Å². The van der Waals surface area contributed by atoms with E-state index in [-0.39, 0.29) is 5.91 Å². The van der Waals surface area contributed by atoms with Gasteiger partial charge in [0.2, 0.25) is 11.9 Å². The molecule has 1 N–H and O–H groups in total. The van der Waals surface area contributed by atoms with Gasteiger partial charge in [0.15, 0.2) is 0 Å². The number of halogens is 1. The van der Waals surface area contributed by atoms with Gasteiger partial charge in [-0.05, 0) is 19.1 Å². The number of amides is 1. The van der Waals surface area contributed by atoms with Crippen LogP contribution in [0.5, 0.6) is 0 Å². The van der Waals surface area contributed by atoms with Crippen LogP contribution in [0.4, 0.5) is 5.95 Å². The van der Waals surface area contributed by atoms with Crippen LogP contribution in [-0.4, -0.2) is 20.6 Å². The number of aryl methyl sites for hydroxylation is 3. The second-order valence-electron chi connectivity index (χ2n) is 5.08. The summed E-state index contributed by atoms with van der Waals surface area (Å²) in [6, 6.07) is 7.30. The SMILES string of the molecule is Cc1cc(CCC(=O)Nc2nc3cccc(Cl)c3n2C)on1. The van der Waals surface area contributed by atoms with E-state index in [0.717, 1.165) is 16.7 Å². The van der Waals surface area contributed by atoms with E-state index in [1.54, 1.807) is 10.6 Å². The molecular formula is C15H15ClN4O2. The average molecular weight is 319 g/mol. The Bertz CT molecular complexity index is 837. The molecule has 7 heteroatoms. The van der Waals surface area contributed by atoms with Gasteiger partial charge in [-0.25, -0.2) is 4.98 Å². The Kier molecular flexibility index (Phi) is 3.85. The zero-order valence-corrected chi connectivity index (χ0v) is 13.0. The lowest BCUT2D eigenvalue weighted by Gasteiger charge is -2.04. The number of aromatic nitrogens is 3. The molecule has 0 saturated carbocycles. The number of nitrogens with zero attached hydrogens (tertiary/aromatic N) is 3. The highest BCUT2D eigenvalue weighted by molar-refractivity contribution is 6.35. The number of imidazole rings is 1. The van der Waals surface area contributed by atoms with Gasteiger partial charge in [0.05, 0.1) is 21.7 Å². The lowest BCUT2D eigenvalue weighted by atomic mass is 10.2. The van der Waals surface area contributed by atoms with E-state index < -0.39 is 0 Å². The number of nitrogens with one attached hydrogen (secondary N) is 1. The molecule has 2 heterocycles. The molecule has 1 amide bonds. The minimum absolute atomic E-state index is 0.136. The van der Waals surface area contributed by atoms with Crippen LogP contribution in [0.15, 0.2) is 28.8 Å². The first kappa shape index (κ1) is 14.6. The van der Waals surface area contributed by atoms with Crippen molar-refractivity contribution in [2.75, 3.05) is 5.32 Å². The average Bonchev–Trinajstić information content (AvgIpc) is 3.02. The first-order chi connectivity index (χ1) is 10.5. The normalized spacial score (nSPS) is 11.0. The number of hydrogen-bond acceptors (Lipinski definition) is 4. The van der Waals surface area contributed by atoms with Crippen molar-refractivity contribution in [3.8, 4) is 0 Å². The van der Waals surface area contributed by atoms with E-state index in [1.807, 2.05) is 32.2 Å². The molecule has 0 radical (unpaired) electrons. The number of rotatable bonds is 4. The number of para-hydroxylation sites is 1. The van der Waals surface area contributed by atoms with Crippen molar-refractivity contribution >= 4 is 34.5 Å². The lowest BCUT2D eigenvalue weighted by Crippen LogP contribution is -2.15. The maximum absolute atomic E-state index is 12.0. The number of carbonyl (C=O) groups is 1. The zero-order valence-electron chi connectivity index (χ0n) is 12.3.